The van der Waals surface area contributed by atoms with Gasteiger partial charge in [0.2, 0.25) is 5.95 Å². The minimum Gasteiger partial charge on any atom is -0.497 e. The zero-order valence-corrected chi connectivity index (χ0v) is 14.6. The number of nitrogens with one attached hydrogen (secondary N) is 2. The highest BCUT2D eigenvalue weighted by molar-refractivity contribution is 5.57. The van der Waals surface area contributed by atoms with Crippen molar-refractivity contribution < 1.29 is 18.3 Å². The van der Waals surface area contributed by atoms with Crippen LogP contribution in [-0.4, -0.2) is 30.2 Å². The minimum atomic E-state index is -0.698. The van der Waals surface area contributed by atoms with Gasteiger partial charge in [-0.3, -0.25) is 0 Å². The van der Waals surface area contributed by atoms with E-state index in [0.717, 1.165) is 17.6 Å². The molecule has 3 aromatic rings. The van der Waals surface area contributed by atoms with Crippen molar-refractivity contribution in [2.75, 3.05) is 30.9 Å². The molecule has 140 valence electrons. The van der Waals surface area contributed by atoms with Crippen molar-refractivity contribution in [3.8, 4) is 11.5 Å². The third kappa shape index (κ3) is 5.27. The number of nitrogens with zero attached hydrogens (tertiary/aromatic N) is 2. The van der Waals surface area contributed by atoms with E-state index >= 15 is 0 Å². The van der Waals surface area contributed by atoms with Crippen molar-refractivity contribution in [3.63, 3.8) is 0 Å². The van der Waals surface area contributed by atoms with E-state index in [-0.39, 0.29) is 5.69 Å². The van der Waals surface area contributed by atoms with E-state index in [1.165, 1.54) is 18.3 Å². The summed E-state index contributed by atoms with van der Waals surface area (Å²) in [6.07, 6.45) is 1.53. The van der Waals surface area contributed by atoms with Crippen LogP contribution in [0.25, 0.3) is 0 Å². The van der Waals surface area contributed by atoms with Gasteiger partial charge in [-0.2, -0.15) is 4.98 Å². The second kappa shape index (κ2) is 8.79. The quantitative estimate of drug-likeness (QED) is 0.583. The first-order valence-electron chi connectivity index (χ1n) is 8.20. The fourth-order valence-corrected chi connectivity index (χ4v) is 2.25. The molecule has 6 nitrogen and oxygen atoms in total. The van der Waals surface area contributed by atoms with E-state index in [1.807, 2.05) is 24.3 Å². The first-order chi connectivity index (χ1) is 13.1. The minimum absolute atomic E-state index is 0.129. The Bertz CT molecular complexity index is 891. The fraction of sp³-hybridized carbons (Fsp3) is 0.158. The molecule has 1 aromatic heterocycles. The molecule has 0 aliphatic carbocycles. The van der Waals surface area contributed by atoms with Crippen molar-refractivity contribution in [1.29, 1.82) is 0 Å². The normalized spacial score (nSPS) is 10.3. The molecule has 3 rings (SSSR count). The standard InChI is InChI=1S/C19H18F2N4O2/c1-26-14-3-5-15(6-4-14)27-11-10-23-19-22-9-8-18(25-19)24-17-7-2-13(20)12-16(17)21/h2-9,12H,10-11H2,1H3,(H2,22,23,24,25). The van der Waals surface area contributed by atoms with Crippen LogP contribution in [0.1, 0.15) is 0 Å². The summed E-state index contributed by atoms with van der Waals surface area (Å²) >= 11 is 0. The van der Waals surface area contributed by atoms with Crippen molar-refractivity contribution in [3.05, 3.63) is 66.4 Å². The highest BCUT2D eigenvalue weighted by Gasteiger charge is 2.06. The lowest BCUT2D eigenvalue weighted by atomic mass is 10.3. The monoisotopic (exact) mass is 372 g/mol. The molecule has 8 heteroatoms. The number of methoxy groups -OCH3 is 1. The summed E-state index contributed by atoms with van der Waals surface area (Å²) in [7, 11) is 1.60. The number of aromatic nitrogens is 2. The summed E-state index contributed by atoms with van der Waals surface area (Å²) in [4.78, 5) is 8.33. The van der Waals surface area contributed by atoms with Crippen LogP contribution < -0.4 is 20.1 Å². The van der Waals surface area contributed by atoms with Crippen LogP contribution in [-0.2, 0) is 0 Å². The number of hydrogen-bond donors (Lipinski definition) is 2. The first-order valence-corrected chi connectivity index (χ1v) is 8.20. The van der Waals surface area contributed by atoms with Gasteiger partial charge >= 0.3 is 0 Å². The molecule has 0 bridgehead atoms. The average molecular weight is 372 g/mol. The number of benzene rings is 2. The molecule has 27 heavy (non-hydrogen) atoms. The van der Waals surface area contributed by atoms with Gasteiger partial charge in [0.25, 0.3) is 0 Å². The summed E-state index contributed by atoms with van der Waals surface area (Å²) < 4.78 is 37.4. The number of hydrogen-bond acceptors (Lipinski definition) is 6. The van der Waals surface area contributed by atoms with Crippen LogP contribution in [0.2, 0.25) is 0 Å². The Morgan fingerprint density at radius 1 is 1.00 bits per heavy atom. The Morgan fingerprint density at radius 3 is 2.52 bits per heavy atom. The Kier molecular flexibility index (Phi) is 5.98. The molecule has 0 aliphatic heterocycles. The highest BCUT2D eigenvalue weighted by atomic mass is 19.1. The van der Waals surface area contributed by atoms with Gasteiger partial charge in [-0.05, 0) is 42.5 Å². The maximum Gasteiger partial charge on any atom is 0.224 e. The van der Waals surface area contributed by atoms with Gasteiger partial charge in [0.15, 0.2) is 0 Å². The number of halogens is 2. The molecule has 0 unspecified atom stereocenters. The highest BCUT2D eigenvalue weighted by Crippen LogP contribution is 2.20. The van der Waals surface area contributed by atoms with E-state index < -0.39 is 11.6 Å². The smallest absolute Gasteiger partial charge is 0.224 e. The molecule has 1 heterocycles. The van der Waals surface area contributed by atoms with Gasteiger partial charge in [-0.1, -0.05) is 0 Å². The van der Waals surface area contributed by atoms with Gasteiger partial charge in [0.05, 0.1) is 19.3 Å². The largest absolute Gasteiger partial charge is 0.497 e. The van der Waals surface area contributed by atoms with Gasteiger partial charge < -0.3 is 20.1 Å². The van der Waals surface area contributed by atoms with Crippen LogP contribution in [0.3, 0.4) is 0 Å². The van der Waals surface area contributed by atoms with Crippen LogP contribution in [0.5, 0.6) is 11.5 Å². The lowest BCUT2D eigenvalue weighted by Gasteiger charge is -2.10. The fourth-order valence-electron chi connectivity index (χ4n) is 2.25. The second-order valence-electron chi connectivity index (χ2n) is 5.47. The van der Waals surface area contributed by atoms with Crippen molar-refractivity contribution >= 4 is 17.5 Å². The van der Waals surface area contributed by atoms with Gasteiger partial charge in [0.1, 0.15) is 35.6 Å². The SMILES string of the molecule is COc1ccc(OCCNc2nccc(Nc3ccc(F)cc3F)n2)cc1. The molecule has 0 saturated heterocycles. The van der Waals surface area contributed by atoms with E-state index in [4.69, 9.17) is 9.47 Å². The molecular weight excluding hydrogens is 354 g/mol. The molecule has 0 radical (unpaired) electrons. The summed E-state index contributed by atoms with van der Waals surface area (Å²) in [5.74, 6) is 0.891. The Balaban J connectivity index is 1.51. The third-order valence-corrected chi connectivity index (χ3v) is 3.56. The van der Waals surface area contributed by atoms with Crippen LogP contribution in [0.4, 0.5) is 26.2 Å². The molecular formula is C19H18F2N4O2. The zero-order valence-electron chi connectivity index (χ0n) is 14.6. The lowest BCUT2D eigenvalue weighted by Crippen LogP contribution is -2.13. The molecule has 0 fully saturated rings. The second-order valence-corrected chi connectivity index (χ2v) is 5.47. The maximum atomic E-state index is 13.7. The van der Waals surface area contributed by atoms with Crippen molar-refractivity contribution in [2.45, 2.75) is 0 Å². The van der Waals surface area contributed by atoms with E-state index in [2.05, 4.69) is 20.6 Å². The molecule has 0 aliphatic rings. The number of ether oxygens (including phenoxy) is 2. The average Bonchev–Trinajstić information content (AvgIpc) is 2.68. The summed E-state index contributed by atoms with van der Waals surface area (Å²) in [5, 5.41) is 5.81. The van der Waals surface area contributed by atoms with Gasteiger partial charge in [0, 0.05) is 12.3 Å². The van der Waals surface area contributed by atoms with Crippen LogP contribution >= 0.6 is 0 Å². The van der Waals surface area contributed by atoms with Crippen LogP contribution in [0, 0.1) is 11.6 Å². The van der Waals surface area contributed by atoms with Crippen LogP contribution in [0.15, 0.2) is 54.7 Å². The van der Waals surface area contributed by atoms with Gasteiger partial charge in [-0.15, -0.1) is 0 Å². The third-order valence-electron chi connectivity index (χ3n) is 3.56. The Morgan fingerprint density at radius 2 is 1.78 bits per heavy atom. The molecule has 0 atom stereocenters. The first kappa shape index (κ1) is 18.4. The molecule has 2 aromatic carbocycles. The van der Waals surface area contributed by atoms with Gasteiger partial charge in [-0.25, -0.2) is 13.8 Å². The van der Waals surface area contributed by atoms with Crippen molar-refractivity contribution in [2.24, 2.45) is 0 Å². The summed E-state index contributed by atoms with van der Waals surface area (Å²) in [6.45, 7) is 0.875. The van der Waals surface area contributed by atoms with E-state index in [1.54, 1.807) is 13.2 Å². The van der Waals surface area contributed by atoms with E-state index in [0.29, 0.717) is 24.9 Å². The van der Waals surface area contributed by atoms with E-state index in [9.17, 15) is 8.78 Å². The topological polar surface area (TPSA) is 68.3 Å². The molecule has 0 saturated carbocycles. The summed E-state index contributed by atoms with van der Waals surface area (Å²) in [6, 6.07) is 12.1. The summed E-state index contributed by atoms with van der Waals surface area (Å²) in [5.41, 5.74) is 0.129. The molecule has 2 N–H and O–H groups in total. The predicted octanol–water partition coefficient (Wildman–Crippen LogP) is 4.00. The lowest BCUT2D eigenvalue weighted by molar-refractivity contribution is 0.331. The molecule has 0 amide bonds. The number of rotatable bonds is 8. The van der Waals surface area contributed by atoms with Crippen molar-refractivity contribution in [1.82, 2.24) is 9.97 Å². The Labute approximate surface area is 155 Å². The zero-order chi connectivity index (χ0) is 19.1. The number of anilines is 3. The Hall–Kier alpha value is -3.42. The predicted molar refractivity (Wildman–Crippen MR) is 98.7 cm³/mol. The molecule has 0 spiro atoms. The maximum absolute atomic E-state index is 13.7.